The van der Waals surface area contributed by atoms with Crippen molar-refractivity contribution < 1.29 is 4.74 Å². The minimum absolute atomic E-state index is 0.155. The Labute approximate surface area is 100 Å². The topological polar surface area (TPSA) is 45.9 Å². The summed E-state index contributed by atoms with van der Waals surface area (Å²) in [5, 5.41) is 9.15. The van der Waals surface area contributed by atoms with E-state index in [1.165, 1.54) is 0 Å². The van der Waals surface area contributed by atoms with Crippen molar-refractivity contribution in [1.29, 1.82) is 5.26 Å². The molecule has 1 aliphatic rings. The quantitative estimate of drug-likeness (QED) is 0.705. The van der Waals surface area contributed by atoms with Gasteiger partial charge in [-0.25, -0.2) is 4.98 Å². The van der Waals surface area contributed by atoms with Crippen LogP contribution in [0.4, 0.5) is 0 Å². The average Bonchev–Trinajstić information content (AvgIpc) is 2.28. The molecule has 2 rings (SSSR count). The summed E-state index contributed by atoms with van der Waals surface area (Å²) in [5.41, 5.74) is 2.20. The number of nitriles is 1. The molecule has 0 spiro atoms. The summed E-state index contributed by atoms with van der Waals surface area (Å²) in [6, 6.07) is 3.81. The van der Waals surface area contributed by atoms with Crippen molar-refractivity contribution in [3.63, 3.8) is 0 Å². The lowest BCUT2D eigenvalue weighted by molar-refractivity contribution is -0.0575. The predicted octanol–water partition coefficient (Wildman–Crippen LogP) is 2.85. The van der Waals surface area contributed by atoms with Crippen LogP contribution in [0.3, 0.4) is 0 Å². The fourth-order valence-electron chi connectivity index (χ4n) is 1.81. The zero-order chi connectivity index (χ0) is 11.8. The molecule has 4 heteroatoms. The van der Waals surface area contributed by atoms with Crippen molar-refractivity contribution in [1.82, 2.24) is 4.98 Å². The van der Waals surface area contributed by atoms with Gasteiger partial charge in [0, 0.05) is 12.0 Å². The van der Waals surface area contributed by atoms with Crippen LogP contribution in [-0.2, 0) is 17.8 Å². The van der Waals surface area contributed by atoms with E-state index in [1.807, 2.05) is 6.07 Å². The summed E-state index contributed by atoms with van der Waals surface area (Å²) >= 11 is 5.92. The first-order chi connectivity index (χ1) is 7.58. The molecule has 0 fully saturated rings. The smallest absolute Gasteiger partial charge is 0.147 e. The Hall–Kier alpha value is -1.11. The molecule has 3 nitrogen and oxygen atoms in total. The third-order valence-corrected chi connectivity index (χ3v) is 3.42. The fraction of sp³-hybridized carbons (Fsp3) is 0.500. The van der Waals surface area contributed by atoms with E-state index < -0.39 is 0 Å². The summed E-state index contributed by atoms with van der Waals surface area (Å²) in [7, 11) is 0. The molecular formula is C12H13ClN2O. The second-order valence-corrected chi connectivity index (χ2v) is 4.67. The first kappa shape index (κ1) is 11.4. The van der Waals surface area contributed by atoms with Crippen molar-refractivity contribution in [2.45, 2.75) is 38.9 Å². The number of nitrogens with zero attached hydrogens (tertiary/aromatic N) is 2. The maximum atomic E-state index is 8.85. The molecule has 2 heterocycles. The molecule has 0 amide bonds. The summed E-state index contributed by atoms with van der Waals surface area (Å²) in [6.07, 6.45) is 1.69. The van der Waals surface area contributed by atoms with E-state index in [1.54, 1.807) is 6.07 Å². The molecule has 1 aromatic rings. The van der Waals surface area contributed by atoms with Gasteiger partial charge in [-0.05, 0) is 19.4 Å². The Kier molecular flexibility index (Phi) is 2.88. The van der Waals surface area contributed by atoms with E-state index in [0.29, 0.717) is 17.3 Å². The van der Waals surface area contributed by atoms with Gasteiger partial charge in [-0.15, -0.1) is 0 Å². The van der Waals surface area contributed by atoms with Crippen LogP contribution in [-0.4, -0.2) is 10.6 Å². The zero-order valence-corrected chi connectivity index (χ0v) is 10.1. The van der Waals surface area contributed by atoms with Crippen LogP contribution in [0.2, 0.25) is 5.15 Å². The molecule has 0 N–H and O–H groups in total. The second kappa shape index (κ2) is 4.04. The highest BCUT2D eigenvalue weighted by Crippen LogP contribution is 2.31. The maximum absolute atomic E-state index is 8.85. The monoisotopic (exact) mass is 236 g/mol. The molecule has 0 aliphatic carbocycles. The molecule has 0 unspecified atom stereocenters. The van der Waals surface area contributed by atoms with Crippen molar-refractivity contribution in [3.05, 3.63) is 28.0 Å². The number of hydrogen-bond acceptors (Lipinski definition) is 3. The third-order valence-electron chi connectivity index (χ3n) is 3.13. The average molecular weight is 237 g/mol. The lowest BCUT2D eigenvalue weighted by Crippen LogP contribution is -2.35. The summed E-state index contributed by atoms with van der Waals surface area (Å²) in [4.78, 5) is 4.29. The van der Waals surface area contributed by atoms with Crippen LogP contribution in [0.15, 0.2) is 6.07 Å². The first-order valence-corrected chi connectivity index (χ1v) is 5.68. The zero-order valence-electron chi connectivity index (χ0n) is 9.38. The molecule has 84 valence electrons. The standard InChI is InChI=1S/C12H13ClN2O/c1-3-12(2)5-10-9(7-16-12)4-8(6-14)11(13)15-10/h4H,3,5,7H2,1-2H3/t12-/m1/s1. The van der Waals surface area contributed by atoms with Crippen LogP contribution < -0.4 is 0 Å². The maximum Gasteiger partial charge on any atom is 0.147 e. The fourth-order valence-corrected chi connectivity index (χ4v) is 2.01. The molecule has 0 bridgehead atoms. The van der Waals surface area contributed by atoms with Gasteiger partial charge in [0.15, 0.2) is 0 Å². The number of fused-ring (bicyclic) bond motifs is 1. The van der Waals surface area contributed by atoms with Gasteiger partial charge in [-0.1, -0.05) is 18.5 Å². The summed E-state index contributed by atoms with van der Waals surface area (Å²) in [6.45, 7) is 4.68. The van der Waals surface area contributed by atoms with E-state index in [0.717, 1.165) is 24.1 Å². The van der Waals surface area contributed by atoms with E-state index in [4.69, 9.17) is 21.6 Å². The molecule has 1 atom stereocenters. The van der Waals surface area contributed by atoms with Crippen molar-refractivity contribution in [3.8, 4) is 6.07 Å². The van der Waals surface area contributed by atoms with Gasteiger partial charge in [0.25, 0.3) is 0 Å². The molecule has 1 aromatic heterocycles. The lowest BCUT2D eigenvalue weighted by atomic mass is 9.91. The Morgan fingerprint density at radius 2 is 2.44 bits per heavy atom. The van der Waals surface area contributed by atoms with Gasteiger partial charge in [0.05, 0.1) is 23.5 Å². The summed E-state index contributed by atoms with van der Waals surface area (Å²) in [5.74, 6) is 0. The van der Waals surface area contributed by atoms with Crippen LogP contribution in [0, 0.1) is 11.3 Å². The number of halogens is 1. The van der Waals surface area contributed by atoms with Gasteiger partial charge in [-0.3, -0.25) is 0 Å². The van der Waals surface area contributed by atoms with E-state index >= 15 is 0 Å². The number of pyridine rings is 1. The van der Waals surface area contributed by atoms with Crippen LogP contribution in [0.5, 0.6) is 0 Å². The van der Waals surface area contributed by atoms with Crippen molar-refractivity contribution >= 4 is 11.6 Å². The van der Waals surface area contributed by atoms with E-state index in [2.05, 4.69) is 18.8 Å². The predicted molar refractivity (Wildman–Crippen MR) is 61.2 cm³/mol. The van der Waals surface area contributed by atoms with E-state index in [9.17, 15) is 0 Å². The van der Waals surface area contributed by atoms with Gasteiger partial charge < -0.3 is 4.74 Å². The number of rotatable bonds is 1. The van der Waals surface area contributed by atoms with Crippen LogP contribution in [0.1, 0.15) is 37.1 Å². The third kappa shape index (κ3) is 1.91. The van der Waals surface area contributed by atoms with Gasteiger partial charge in [0.1, 0.15) is 11.2 Å². The number of aromatic nitrogens is 1. The second-order valence-electron chi connectivity index (χ2n) is 4.31. The first-order valence-electron chi connectivity index (χ1n) is 5.30. The highest BCUT2D eigenvalue weighted by molar-refractivity contribution is 6.30. The molecule has 0 saturated carbocycles. The molecule has 1 aliphatic heterocycles. The van der Waals surface area contributed by atoms with Gasteiger partial charge in [0.2, 0.25) is 0 Å². The van der Waals surface area contributed by atoms with Crippen LogP contribution >= 0.6 is 11.6 Å². The molecule has 0 aromatic carbocycles. The number of ether oxygens (including phenoxy) is 1. The number of hydrogen-bond donors (Lipinski definition) is 0. The minimum atomic E-state index is -0.155. The van der Waals surface area contributed by atoms with E-state index in [-0.39, 0.29) is 5.60 Å². The Morgan fingerprint density at radius 3 is 3.06 bits per heavy atom. The highest BCUT2D eigenvalue weighted by Gasteiger charge is 2.30. The lowest BCUT2D eigenvalue weighted by Gasteiger charge is -2.33. The largest absolute Gasteiger partial charge is 0.370 e. The molecule has 16 heavy (non-hydrogen) atoms. The highest BCUT2D eigenvalue weighted by atomic mass is 35.5. The Balaban J connectivity index is 2.41. The van der Waals surface area contributed by atoms with Crippen molar-refractivity contribution in [2.24, 2.45) is 0 Å². The molecular weight excluding hydrogens is 224 g/mol. The Bertz CT molecular complexity index is 467. The normalized spacial score (nSPS) is 23.6. The summed E-state index contributed by atoms with van der Waals surface area (Å²) < 4.78 is 5.79. The van der Waals surface area contributed by atoms with Crippen molar-refractivity contribution in [2.75, 3.05) is 0 Å². The SMILES string of the molecule is CC[C@]1(C)Cc2nc(Cl)c(C#N)cc2CO1. The van der Waals surface area contributed by atoms with Gasteiger partial charge in [-0.2, -0.15) is 5.26 Å². The Morgan fingerprint density at radius 1 is 1.69 bits per heavy atom. The van der Waals surface area contributed by atoms with Gasteiger partial charge >= 0.3 is 0 Å². The molecule has 0 saturated heterocycles. The minimum Gasteiger partial charge on any atom is -0.370 e. The molecule has 0 radical (unpaired) electrons. The van der Waals surface area contributed by atoms with Crippen LogP contribution in [0.25, 0.3) is 0 Å².